The van der Waals surface area contributed by atoms with E-state index in [0.29, 0.717) is 32.7 Å². The first-order valence-electron chi connectivity index (χ1n) is 7.97. The Hall–Kier alpha value is -2.18. The van der Waals surface area contributed by atoms with Crippen LogP contribution in [0.15, 0.2) is 41.0 Å². The number of benzene rings is 2. The van der Waals surface area contributed by atoms with E-state index in [0.717, 1.165) is 10.9 Å². The normalized spacial score (nSPS) is 11.1. The molecular formula is C19H17BrClNO4. The Bertz CT molecular complexity index is 944. The highest BCUT2D eigenvalue weighted by Gasteiger charge is 2.14. The van der Waals surface area contributed by atoms with Crippen LogP contribution >= 0.6 is 27.5 Å². The van der Waals surface area contributed by atoms with E-state index in [-0.39, 0.29) is 0 Å². The van der Waals surface area contributed by atoms with Crippen molar-refractivity contribution in [1.29, 1.82) is 0 Å². The second-order valence-corrected chi connectivity index (χ2v) is 7.37. The maximum Gasteiger partial charge on any atom is 0.341 e. The minimum absolute atomic E-state index is 0.318. The van der Waals surface area contributed by atoms with Crippen LogP contribution in [-0.4, -0.2) is 22.7 Å². The number of fused-ring (bicyclic) bond motifs is 1. The van der Waals surface area contributed by atoms with Gasteiger partial charge in [0.25, 0.3) is 0 Å². The predicted octanol–water partition coefficient (Wildman–Crippen LogP) is 5.96. The fourth-order valence-corrected chi connectivity index (χ4v) is 3.53. The summed E-state index contributed by atoms with van der Waals surface area (Å²) in [5.74, 6) is 0.772. The van der Waals surface area contributed by atoms with Crippen molar-refractivity contribution in [3.63, 3.8) is 0 Å². The smallest absolute Gasteiger partial charge is 0.341 e. The zero-order valence-corrected chi connectivity index (χ0v) is 16.5. The molecule has 0 saturated carbocycles. The number of halogens is 2. The summed E-state index contributed by atoms with van der Waals surface area (Å²) in [6.45, 7) is 3.84. The third-order valence-corrected chi connectivity index (χ3v) is 4.73. The second kappa shape index (κ2) is 7.60. The lowest BCUT2D eigenvalue weighted by Crippen LogP contribution is -2.09. The standard InChI is InChI=1S/C19H17BrClNO4/c1-10(2)14-8-22-17-4-3-11(5-13(14)17)26-19-15(20)6-12(7-16(19)21)25-9-18(23)24/h3-8,10,22H,9H2,1-2H3,(H,23,24). The first-order valence-corrected chi connectivity index (χ1v) is 9.14. The Balaban J connectivity index is 1.89. The molecule has 0 saturated heterocycles. The molecule has 0 atom stereocenters. The number of ether oxygens (including phenoxy) is 2. The number of aliphatic carboxylic acids is 1. The minimum Gasteiger partial charge on any atom is -0.482 e. The molecule has 136 valence electrons. The van der Waals surface area contributed by atoms with Gasteiger partial charge in [0.15, 0.2) is 12.4 Å². The Morgan fingerprint density at radius 1 is 1.27 bits per heavy atom. The molecule has 7 heteroatoms. The van der Waals surface area contributed by atoms with E-state index < -0.39 is 12.6 Å². The molecule has 1 aromatic heterocycles. The van der Waals surface area contributed by atoms with E-state index in [1.54, 1.807) is 6.07 Å². The number of aromatic nitrogens is 1. The summed E-state index contributed by atoms with van der Waals surface area (Å²) in [7, 11) is 0. The molecule has 26 heavy (non-hydrogen) atoms. The Kier molecular flexibility index (Phi) is 5.44. The lowest BCUT2D eigenvalue weighted by atomic mass is 10.0. The summed E-state index contributed by atoms with van der Waals surface area (Å²) in [6.07, 6.45) is 2.01. The predicted molar refractivity (Wildman–Crippen MR) is 105 cm³/mol. The van der Waals surface area contributed by atoms with Crippen molar-refractivity contribution >= 4 is 44.4 Å². The van der Waals surface area contributed by atoms with Crippen LogP contribution in [0.2, 0.25) is 5.02 Å². The van der Waals surface area contributed by atoms with Crippen molar-refractivity contribution in [3.05, 3.63) is 51.6 Å². The zero-order valence-electron chi connectivity index (χ0n) is 14.2. The number of carboxylic acid groups (broad SMARTS) is 1. The summed E-state index contributed by atoms with van der Waals surface area (Å²) < 4.78 is 11.7. The number of aromatic amines is 1. The molecular weight excluding hydrogens is 422 g/mol. The summed E-state index contributed by atoms with van der Waals surface area (Å²) in [6, 6.07) is 8.94. The molecule has 0 spiro atoms. The molecule has 1 heterocycles. The second-order valence-electron chi connectivity index (χ2n) is 6.11. The van der Waals surface area contributed by atoms with E-state index >= 15 is 0 Å². The lowest BCUT2D eigenvalue weighted by Gasteiger charge is -2.12. The van der Waals surface area contributed by atoms with Gasteiger partial charge >= 0.3 is 5.97 Å². The van der Waals surface area contributed by atoms with Crippen LogP contribution in [0.1, 0.15) is 25.3 Å². The van der Waals surface area contributed by atoms with Gasteiger partial charge in [-0.3, -0.25) is 0 Å². The molecule has 0 aliphatic carbocycles. The molecule has 0 bridgehead atoms. The monoisotopic (exact) mass is 437 g/mol. The van der Waals surface area contributed by atoms with E-state index in [2.05, 4.69) is 34.8 Å². The molecule has 0 unspecified atom stereocenters. The minimum atomic E-state index is -1.06. The Morgan fingerprint density at radius 2 is 2.04 bits per heavy atom. The lowest BCUT2D eigenvalue weighted by molar-refractivity contribution is -0.139. The summed E-state index contributed by atoms with van der Waals surface area (Å²) in [5.41, 5.74) is 2.26. The zero-order chi connectivity index (χ0) is 18.8. The average Bonchev–Trinajstić information content (AvgIpc) is 2.99. The quantitative estimate of drug-likeness (QED) is 0.498. The molecule has 3 rings (SSSR count). The van der Waals surface area contributed by atoms with Crippen LogP contribution in [0.4, 0.5) is 0 Å². The molecule has 2 N–H and O–H groups in total. The van der Waals surface area contributed by atoms with Crippen molar-refractivity contribution < 1.29 is 19.4 Å². The molecule has 0 fully saturated rings. The highest BCUT2D eigenvalue weighted by Crippen LogP contribution is 2.40. The number of carboxylic acids is 1. The van der Waals surface area contributed by atoms with Crippen molar-refractivity contribution in [2.75, 3.05) is 6.61 Å². The number of nitrogens with one attached hydrogen (secondary N) is 1. The highest BCUT2D eigenvalue weighted by molar-refractivity contribution is 9.10. The van der Waals surface area contributed by atoms with E-state index in [4.69, 9.17) is 26.2 Å². The third kappa shape index (κ3) is 3.97. The molecule has 2 aromatic carbocycles. The largest absolute Gasteiger partial charge is 0.482 e. The van der Waals surface area contributed by atoms with Crippen LogP contribution in [0, 0.1) is 0 Å². The van der Waals surface area contributed by atoms with Gasteiger partial charge in [-0.1, -0.05) is 25.4 Å². The van der Waals surface area contributed by atoms with Gasteiger partial charge in [-0.05, 0) is 51.7 Å². The van der Waals surface area contributed by atoms with Crippen molar-refractivity contribution in [2.45, 2.75) is 19.8 Å². The maximum atomic E-state index is 10.6. The fraction of sp³-hybridized carbons (Fsp3) is 0.211. The molecule has 0 aliphatic rings. The van der Waals surface area contributed by atoms with Crippen LogP contribution < -0.4 is 9.47 Å². The van der Waals surface area contributed by atoms with Gasteiger partial charge in [0, 0.05) is 23.2 Å². The summed E-state index contributed by atoms with van der Waals surface area (Å²) >= 11 is 9.69. The van der Waals surface area contributed by atoms with Gasteiger partial charge in [-0.25, -0.2) is 4.79 Å². The summed E-state index contributed by atoms with van der Waals surface area (Å²) in [4.78, 5) is 13.9. The highest BCUT2D eigenvalue weighted by atomic mass is 79.9. The van der Waals surface area contributed by atoms with Gasteiger partial charge in [0.1, 0.15) is 11.5 Å². The average molecular weight is 439 g/mol. The topological polar surface area (TPSA) is 71.5 Å². The fourth-order valence-electron chi connectivity index (χ4n) is 2.64. The third-order valence-electron chi connectivity index (χ3n) is 3.86. The summed E-state index contributed by atoms with van der Waals surface area (Å²) in [5, 5.41) is 10.1. The molecule has 3 aromatic rings. The number of rotatable bonds is 6. The number of hydrogen-bond donors (Lipinski definition) is 2. The van der Waals surface area contributed by atoms with E-state index in [1.165, 1.54) is 11.6 Å². The van der Waals surface area contributed by atoms with Gasteiger partial charge < -0.3 is 19.6 Å². The van der Waals surface area contributed by atoms with Crippen molar-refractivity contribution in [3.8, 4) is 17.2 Å². The molecule has 0 aliphatic heterocycles. The van der Waals surface area contributed by atoms with Crippen molar-refractivity contribution in [2.24, 2.45) is 0 Å². The molecule has 0 amide bonds. The Labute approximate surface area is 164 Å². The van der Waals surface area contributed by atoms with Gasteiger partial charge in [0.05, 0.1) is 9.50 Å². The van der Waals surface area contributed by atoms with Crippen LogP contribution in [0.25, 0.3) is 10.9 Å². The number of H-pyrrole nitrogens is 1. The SMILES string of the molecule is CC(C)c1c[nH]c2ccc(Oc3c(Cl)cc(OCC(=O)O)cc3Br)cc12. The van der Waals surface area contributed by atoms with Gasteiger partial charge in [0.2, 0.25) is 0 Å². The first kappa shape index (κ1) is 18.6. The first-order chi connectivity index (χ1) is 12.3. The van der Waals surface area contributed by atoms with Crippen LogP contribution in [0.5, 0.6) is 17.2 Å². The van der Waals surface area contributed by atoms with E-state index in [1.807, 2.05) is 24.4 Å². The molecule has 0 radical (unpaired) electrons. The number of hydrogen-bond acceptors (Lipinski definition) is 3. The molecule has 5 nitrogen and oxygen atoms in total. The number of carbonyl (C=O) groups is 1. The van der Waals surface area contributed by atoms with Gasteiger partial charge in [-0.15, -0.1) is 0 Å². The van der Waals surface area contributed by atoms with Crippen molar-refractivity contribution in [1.82, 2.24) is 4.98 Å². The Morgan fingerprint density at radius 3 is 2.69 bits per heavy atom. The van der Waals surface area contributed by atoms with Crippen LogP contribution in [0.3, 0.4) is 0 Å². The van der Waals surface area contributed by atoms with Gasteiger partial charge in [-0.2, -0.15) is 0 Å². The van der Waals surface area contributed by atoms with Crippen LogP contribution in [-0.2, 0) is 4.79 Å². The van der Waals surface area contributed by atoms with E-state index in [9.17, 15) is 4.79 Å². The maximum absolute atomic E-state index is 10.6.